The number of carboxylic acids is 1. The highest BCUT2D eigenvalue weighted by molar-refractivity contribution is 6.33. The number of hydrogen-bond donors (Lipinski definition) is 1. The number of hydrogen-bond acceptors (Lipinski definition) is 3. The summed E-state index contributed by atoms with van der Waals surface area (Å²) in [6.45, 7) is 3.96. The molecule has 0 saturated carbocycles. The predicted octanol–water partition coefficient (Wildman–Crippen LogP) is 4.59. The Morgan fingerprint density at radius 2 is 2.08 bits per heavy atom. The third-order valence-corrected chi connectivity index (χ3v) is 4.22. The van der Waals surface area contributed by atoms with Crippen LogP contribution in [-0.2, 0) is 0 Å². The zero-order valence-corrected chi connectivity index (χ0v) is 14.5. The van der Waals surface area contributed by atoms with E-state index in [9.17, 15) is 4.79 Å². The van der Waals surface area contributed by atoms with E-state index in [2.05, 4.69) is 9.98 Å². The number of benzene rings is 1. The van der Waals surface area contributed by atoms with Crippen LogP contribution in [0.15, 0.2) is 53.8 Å². The molecule has 0 bridgehead atoms. The molecule has 0 amide bonds. The minimum Gasteiger partial charge on any atom is -0.478 e. The maximum Gasteiger partial charge on any atom is 0.337 e. The Balaban J connectivity index is 1.99. The van der Waals surface area contributed by atoms with Gasteiger partial charge in [-0.15, -0.1) is 0 Å². The summed E-state index contributed by atoms with van der Waals surface area (Å²) >= 11 is 6.10. The number of nitrogens with zero attached hydrogens (tertiary/aromatic N) is 3. The number of aromatic carboxylic acids is 1. The van der Waals surface area contributed by atoms with E-state index in [1.807, 2.05) is 36.6 Å². The van der Waals surface area contributed by atoms with Gasteiger partial charge >= 0.3 is 5.97 Å². The lowest BCUT2D eigenvalue weighted by atomic mass is 10.2. The van der Waals surface area contributed by atoms with Gasteiger partial charge in [0.05, 0.1) is 22.5 Å². The first-order valence-corrected chi connectivity index (χ1v) is 8.01. The Labute approximate surface area is 150 Å². The van der Waals surface area contributed by atoms with Crippen molar-refractivity contribution < 1.29 is 9.90 Å². The molecule has 5 nitrogen and oxygen atoms in total. The number of carbonyl (C=O) groups is 1. The van der Waals surface area contributed by atoms with Gasteiger partial charge in [-0.3, -0.25) is 9.98 Å². The molecule has 2 aromatic heterocycles. The Bertz CT molecular complexity index is 962. The molecule has 1 N–H and O–H groups in total. The Morgan fingerprint density at radius 1 is 1.28 bits per heavy atom. The van der Waals surface area contributed by atoms with Crippen molar-refractivity contribution in [1.82, 2.24) is 9.55 Å². The van der Waals surface area contributed by atoms with Gasteiger partial charge in [-0.25, -0.2) is 4.79 Å². The smallest absolute Gasteiger partial charge is 0.337 e. The summed E-state index contributed by atoms with van der Waals surface area (Å²) in [7, 11) is 0. The van der Waals surface area contributed by atoms with E-state index in [0.717, 1.165) is 28.3 Å². The van der Waals surface area contributed by atoms with Crippen LogP contribution < -0.4 is 0 Å². The summed E-state index contributed by atoms with van der Waals surface area (Å²) in [5.74, 6) is -1.04. The minimum atomic E-state index is -1.04. The lowest BCUT2D eigenvalue weighted by molar-refractivity contribution is 0.0697. The van der Waals surface area contributed by atoms with E-state index in [0.29, 0.717) is 0 Å². The van der Waals surface area contributed by atoms with Crippen LogP contribution in [0.5, 0.6) is 0 Å². The van der Waals surface area contributed by atoms with E-state index in [1.165, 1.54) is 6.07 Å². The number of pyridine rings is 1. The molecule has 0 atom stereocenters. The van der Waals surface area contributed by atoms with Crippen molar-refractivity contribution in [3.05, 3.63) is 76.3 Å². The normalized spacial score (nSPS) is 11.2. The van der Waals surface area contributed by atoms with Crippen molar-refractivity contribution in [3.63, 3.8) is 0 Å². The molecule has 0 radical (unpaired) electrons. The van der Waals surface area contributed by atoms with Gasteiger partial charge in [0.15, 0.2) is 0 Å². The molecule has 1 aromatic carbocycles. The van der Waals surface area contributed by atoms with E-state index in [-0.39, 0.29) is 10.6 Å². The number of carboxylic acid groups (broad SMARTS) is 1. The molecule has 0 unspecified atom stereocenters. The summed E-state index contributed by atoms with van der Waals surface area (Å²) in [6, 6.07) is 10.7. The van der Waals surface area contributed by atoms with E-state index >= 15 is 0 Å². The first-order valence-electron chi connectivity index (χ1n) is 7.63. The SMILES string of the molecule is Cc1cc(C=Nc2cccnc2)c(C)n1-c1ccc(C(=O)O)c(Cl)c1. The van der Waals surface area contributed by atoms with Gasteiger partial charge in [0, 0.05) is 35.1 Å². The second-order valence-corrected chi connectivity index (χ2v) is 6.01. The Hall–Kier alpha value is -2.92. The number of rotatable bonds is 4. The Morgan fingerprint density at radius 3 is 2.72 bits per heavy atom. The van der Waals surface area contributed by atoms with Gasteiger partial charge in [0.2, 0.25) is 0 Å². The van der Waals surface area contributed by atoms with Gasteiger partial charge in [0.25, 0.3) is 0 Å². The molecule has 0 aliphatic heterocycles. The third kappa shape index (κ3) is 3.46. The van der Waals surface area contributed by atoms with Crippen molar-refractivity contribution in [2.75, 3.05) is 0 Å². The van der Waals surface area contributed by atoms with Crippen molar-refractivity contribution >= 4 is 29.5 Å². The zero-order chi connectivity index (χ0) is 18.0. The highest BCUT2D eigenvalue weighted by atomic mass is 35.5. The van der Waals surface area contributed by atoms with Crippen molar-refractivity contribution in [2.45, 2.75) is 13.8 Å². The van der Waals surface area contributed by atoms with Gasteiger partial charge in [-0.05, 0) is 50.2 Å². The van der Waals surface area contributed by atoms with Crippen LogP contribution in [0.2, 0.25) is 5.02 Å². The molecule has 3 rings (SSSR count). The summed E-state index contributed by atoms with van der Waals surface area (Å²) in [5.41, 5.74) is 4.65. The monoisotopic (exact) mass is 353 g/mol. The molecule has 0 aliphatic carbocycles. The summed E-state index contributed by atoms with van der Waals surface area (Å²) in [4.78, 5) is 19.6. The molecule has 0 aliphatic rings. The maximum absolute atomic E-state index is 11.1. The molecule has 0 fully saturated rings. The lowest BCUT2D eigenvalue weighted by Crippen LogP contribution is -2.02. The molecule has 3 aromatic rings. The summed E-state index contributed by atoms with van der Waals surface area (Å²) in [6.07, 6.45) is 5.19. The average Bonchev–Trinajstić information content (AvgIpc) is 2.87. The topological polar surface area (TPSA) is 67.5 Å². The average molecular weight is 354 g/mol. The second-order valence-electron chi connectivity index (χ2n) is 5.60. The standard InChI is InChI=1S/C19H16ClN3O2/c1-12-8-14(10-22-15-4-3-7-21-11-15)13(2)23(12)16-5-6-17(19(24)25)18(20)9-16/h3-11H,1-2H3,(H,24,25). The fraction of sp³-hybridized carbons (Fsp3) is 0.105. The van der Waals surface area contributed by atoms with Crippen LogP contribution in [0.1, 0.15) is 27.3 Å². The summed E-state index contributed by atoms with van der Waals surface area (Å²) in [5, 5.41) is 9.32. The summed E-state index contributed by atoms with van der Waals surface area (Å²) < 4.78 is 2.02. The molecule has 25 heavy (non-hydrogen) atoms. The molecular formula is C19H16ClN3O2. The Kier molecular flexibility index (Phi) is 4.67. The highest BCUT2D eigenvalue weighted by Gasteiger charge is 2.13. The molecule has 6 heteroatoms. The van der Waals surface area contributed by atoms with Crippen LogP contribution in [0.4, 0.5) is 5.69 Å². The minimum absolute atomic E-state index is 0.0891. The molecule has 0 spiro atoms. The predicted molar refractivity (Wildman–Crippen MR) is 98.7 cm³/mol. The third-order valence-electron chi connectivity index (χ3n) is 3.91. The van der Waals surface area contributed by atoms with Gasteiger partial charge in [-0.1, -0.05) is 11.6 Å². The van der Waals surface area contributed by atoms with Crippen LogP contribution in [0.3, 0.4) is 0 Å². The van der Waals surface area contributed by atoms with Crippen LogP contribution in [0.25, 0.3) is 5.69 Å². The lowest BCUT2D eigenvalue weighted by Gasteiger charge is -2.11. The van der Waals surface area contributed by atoms with Crippen molar-refractivity contribution in [2.24, 2.45) is 4.99 Å². The van der Waals surface area contributed by atoms with Crippen LogP contribution in [-0.4, -0.2) is 26.8 Å². The van der Waals surface area contributed by atoms with E-state index in [4.69, 9.17) is 16.7 Å². The molecule has 2 heterocycles. The molecule has 0 saturated heterocycles. The first kappa shape index (κ1) is 16.9. The molecular weight excluding hydrogens is 338 g/mol. The number of aliphatic imine (C=N–C) groups is 1. The largest absolute Gasteiger partial charge is 0.478 e. The van der Waals surface area contributed by atoms with Crippen molar-refractivity contribution in [3.8, 4) is 5.69 Å². The van der Waals surface area contributed by atoms with Crippen LogP contribution >= 0.6 is 11.6 Å². The number of aryl methyl sites for hydroxylation is 1. The quantitative estimate of drug-likeness (QED) is 0.697. The number of halogens is 1. The highest BCUT2D eigenvalue weighted by Crippen LogP contribution is 2.25. The fourth-order valence-electron chi connectivity index (χ4n) is 2.71. The van der Waals surface area contributed by atoms with E-state index < -0.39 is 5.97 Å². The van der Waals surface area contributed by atoms with Gasteiger partial charge < -0.3 is 9.67 Å². The van der Waals surface area contributed by atoms with Crippen molar-refractivity contribution in [1.29, 1.82) is 0 Å². The van der Waals surface area contributed by atoms with Crippen LogP contribution in [0, 0.1) is 13.8 Å². The first-order chi connectivity index (χ1) is 12.0. The maximum atomic E-state index is 11.1. The second kappa shape index (κ2) is 6.91. The fourth-order valence-corrected chi connectivity index (χ4v) is 2.96. The van der Waals surface area contributed by atoms with Gasteiger partial charge in [-0.2, -0.15) is 0 Å². The van der Waals surface area contributed by atoms with E-state index in [1.54, 1.807) is 30.7 Å². The number of aromatic nitrogens is 2. The molecule has 126 valence electrons. The van der Waals surface area contributed by atoms with Gasteiger partial charge in [0.1, 0.15) is 0 Å². The zero-order valence-electron chi connectivity index (χ0n) is 13.8.